The summed E-state index contributed by atoms with van der Waals surface area (Å²) in [5, 5.41) is 15.8. The van der Waals surface area contributed by atoms with Gasteiger partial charge >= 0.3 is 352 Å². The van der Waals surface area contributed by atoms with Gasteiger partial charge in [-0.05, 0) is 0 Å². The van der Waals surface area contributed by atoms with Crippen LogP contribution >= 0.6 is 0 Å². The van der Waals surface area contributed by atoms with Gasteiger partial charge in [0.05, 0.1) is 0 Å². The standard InChI is InChI=1S/C56H39N3Se/c1-35-33-48-41-25-10-9-23-39(41)34-49(48)51(36(35)2)52-47-31-17-18-32-50(47)60-56(52)46-30-16-15-29-45(46)55-53(54(57-59-58-55)38-21-7-4-8-22-38)44-28-14-13-27-43(44)42-26-12-11-24-40(42)37-19-5-3-6-20-37/h3-33H,34H2,1-2H3. The molecule has 2 heterocycles. The predicted molar refractivity (Wildman–Crippen MR) is 250 cm³/mol. The number of aryl methyl sites for hydroxylation is 1. The Morgan fingerprint density at radius 1 is 0.417 bits per heavy atom. The molecule has 0 saturated carbocycles. The molecule has 8 aromatic carbocycles. The SMILES string of the molecule is Cc1cc2c(c(-c3c(-c4ccccc4-c4nnnc(-c5ccccc5)c4-c4ccccc4-c4ccccc4-c4ccccc4)[se]c4ccccc34)c1C)Cc1ccccc1-2. The first-order valence-electron chi connectivity index (χ1n) is 20.5. The Bertz CT molecular complexity index is 3250. The summed E-state index contributed by atoms with van der Waals surface area (Å²) in [6, 6.07) is 67.8. The summed E-state index contributed by atoms with van der Waals surface area (Å²) >= 11 is 0.0337. The molecule has 0 unspecified atom stereocenters. The molecule has 0 fully saturated rings. The minimum absolute atomic E-state index is 0.0337. The van der Waals surface area contributed by atoms with Crippen LogP contribution in [-0.2, 0) is 6.42 Å². The second-order valence-electron chi connectivity index (χ2n) is 15.6. The molecule has 1 aliphatic rings. The molecule has 10 aromatic rings. The van der Waals surface area contributed by atoms with Crippen LogP contribution in [-0.4, -0.2) is 29.9 Å². The summed E-state index contributed by atoms with van der Waals surface area (Å²) in [6.45, 7) is 4.60. The van der Waals surface area contributed by atoms with E-state index in [4.69, 9.17) is 10.2 Å². The van der Waals surface area contributed by atoms with Crippen LogP contribution < -0.4 is 0 Å². The van der Waals surface area contributed by atoms with Gasteiger partial charge in [0.2, 0.25) is 0 Å². The van der Waals surface area contributed by atoms with Crippen molar-refractivity contribution in [3.8, 4) is 88.2 Å². The van der Waals surface area contributed by atoms with E-state index in [1.165, 1.54) is 75.3 Å². The molecule has 1 aliphatic carbocycles. The Balaban J connectivity index is 1.19. The molecule has 11 rings (SSSR count). The number of aromatic nitrogens is 3. The maximum atomic E-state index is 5.05. The molecule has 284 valence electrons. The number of fused-ring (bicyclic) bond motifs is 4. The summed E-state index contributed by atoms with van der Waals surface area (Å²) < 4.78 is 2.78. The van der Waals surface area contributed by atoms with E-state index in [0.717, 1.165) is 51.2 Å². The third kappa shape index (κ3) is 5.99. The molecule has 3 nitrogen and oxygen atoms in total. The molecule has 2 aromatic heterocycles. The molecule has 0 N–H and O–H groups in total. The summed E-state index contributed by atoms with van der Waals surface area (Å²) in [7, 11) is 0. The topological polar surface area (TPSA) is 38.7 Å². The minimum atomic E-state index is 0.0337. The van der Waals surface area contributed by atoms with Crippen molar-refractivity contribution in [3.05, 3.63) is 210 Å². The van der Waals surface area contributed by atoms with E-state index >= 15 is 0 Å². The Morgan fingerprint density at radius 2 is 0.967 bits per heavy atom. The number of benzene rings is 8. The van der Waals surface area contributed by atoms with Crippen LogP contribution in [0.5, 0.6) is 0 Å². The second-order valence-corrected chi connectivity index (χ2v) is 17.8. The summed E-state index contributed by atoms with van der Waals surface area (Å²) in [4.78, 5) is 0. The number of rotatable bonds is 7. The van der Waals surface area contributed by atoms with Crippen molar-refractivity contribution in [1.29, 1.82) is 0 Å². The average molecular weight is 833 g/mol. The van der Waals surface area contributed by atoms with Crippen LogP contribution in [0.4, 0.5) is 0 Å². The maximum absolute atomic E-state index is 5.05. The van der Waals surface area contributed by atoms with E-state index in [1.54, 1.807) is 0 Å². The molecule has 4 heteroatoms. The molecule has 0 aliphatic heterocycles. The predicted octanol–water partition coefficient (Wildman–Crippen LogP) is 13.9. The fraction of sp³-hybridized carbons (Fsp3) is 0.0536. The number of hydrogen-bond acceptors (Lipinski definition) is 3. The third-order valence-corrected chi connectivity index (χ3v) is 14.7. The molecule has 0 amide bonds. The molecular formula is C56H39N3Se. The van der Waals surface area contributed by atoms with Crippen molar-refractivity contribution < 1.29 is 0 Å². The summed E-state index contributed by atoms with van der Waals surface area (Å²) in [6.07, 6.45) is 0.928. The first-order chi connectivity index (χ1) is 29.6. The Morgan fingerprint density at radius 3 is 1.72 bits per heavy atom. The van der Waals surface area contributed by atoms with E-state index in [9.17, 15) is 0 Å². The van der Waals surface area contributed by atoms with Gasteiger partial charge in [0, 0.05) is 0 Å². The van der Waals surface area contributed by atoms with E-state index < -0.39 is 0 Å². The van der Waals surface area contributed by atoms with Crippen molar-refractivity contribution in [2.45, 2.75) is 20.3 Å². The van der Waals surface area contributed by atoms with E-state index in [1.807, 2.05) is 0 Å². The van der Waals surface area contributed by atoms with Crippen molar-refractivity contribution >= 4 is 24.1 Å². The van der Waals surface area contributed by atoms with Gasteiger partial charge in [0.15, 0.2) is 0 Å². The van der Waals surface area contributed by atoms with Crippen molar-refractivity contribution in [3.63, 3.8) is 0 Å². The van der Waals surface area contributed by atoms with Gasteiger partial charge in [-0.3, -0.25) is 0 Å². The van der Waals surface area contributed by atoms with Crippen LogP contribution in [0.2, 0.25) is 0 Å². The van der Waals surface area contributed by atoms with Gasteiger partial charge in [-0.1, -0.05) is 6.07 Å². The van der Waals surface area contributed by atoms with Crippen LogP contribution in [0, 0.1) is 13.8 Å². The van der Waals surface area contributed by atoms with Crippen molar-refractivity contribution in [2.75, 3.05) is 0 Å². The first kappa shape index (κ1) is 36.1. The van der Waals surface area contributed by atoms with Gasteiger partial charge in [-0.15, -0.1) is 0 Å². The van der Waals surface area contributed by atoms with E-state index in [2.05, 4.69) is 207 Å². The Labute approximate surface area is 356 Å². The summed E-state index contributed by atoms with van der Waals surface area (Å²) in [5.41, 5.74) is 22.5. The zero-order valence-corrected chi connectivity index (χ0v) is 35.1. The van der Waals surface area contributed by atoms with E-state index in [-0.39, 0.29) is 14.5 Å². The number of nitrogens with zero attached hydrogens (tertiary/aromatic N) is 3. The average Bonchev–Trinajstić information content (AvgIpc) is 3.88. The molecule has 0 saturated heterocycles. The van der Waals surface area contributed by atoms with Gasteiger partial charge in [0.25, 0.3) is 0 Å². The Kier molecular flexibility index (Phi) is 9.04. The van der Waals surface area contributed by atoms with Crippen LogP contribution in [0.1, 0.15) is 22.3 Å². The second kappa shape index (κ2) is 15.0. The normalized spacial score (nSPS) is 11.8. The number of hydrogen-bond donors (Lipinski definition) is 0. The van der Waals surface area contributed by atoms with Gasteiger partial charge in [-0.2, -0.15) is 0 Å². The zero-order valence-electron chi connectivity index (χ0n) is 33.4. The van der Waals surface area contributed by atoms with Crippen molar-refractivity contribution in [1.82, 2.24) is 15.4 Å². The third-order valence-electron chi connectivity index (χ3n) is 12.2. The molecule has 0 atom stereocenters. The molecule has 60 heavy (non-hydrogen) atoms. The molecule has 0 bridgehead atoms. The van der Waals surface area contributed by atoms with Crippen LogP contribution in [0.3, 0.4) is 0 Å². The van der Waals surface area contributed by atoms with Gasteiger partial charge < -0.3 is 0 Å². The molecular weight excluding hydrogens is 794 g/mol. The zero-order chi connectivity index (χ0) is 40.2. The monoisotopic (exact) mass is 833 g/mol. The van der Waals surface area contributed by atoms with E-state index in [0.29, 0.717) is 0 Å². The quantitative estimate of drug-likeness (QED) is 0.150. The summed E-state index contributed by atoms with van der Waals surface area (Å²) in [5.74, 6) is 0. The van der Waals surface area contributed by atoms with Gasteiger partial charge in [0.1, 0.15) is 0 Å². The van der Waals surface area contributed by atoms with Crippen molar-refractivity contribution in [2.24, 2.45) is 0 Å². The Hall–Kier alpha value is -6.97. The van der Waals surface area contributed by atoms with Crippen LogP contribution in [0.15, 0.2) is 188 Å². The fourth-order valence-corrected chi connectivity index (χ4v) is 11.9. The first-order valence-corrected chi connectivity index (χ1v) is 22.2. The fourth-order valence-electron chi connectivity index (χ4n) is 9.32. The molecule has 0 spiro atoms. The van der Waals surface area contributed by atoms with Gasteiger partial charge in [-0.25, -0.2) is 0 Å². The molecule has 0 radical (unpaired) electrons. The van der Waals surface area contributed by atoms with Crippen LogP contribution in [0.25, 0.3) is 97.8 Å².